The van der Waals surface area contributed by atoms with E-state index in [1.807, 2.05) is 54.6 Å². The molecule has 4 aromatic rings. The average Bonchev–Trinajstić information content (AvgIpc) is 3.40. The number of ether oxygens (including phenoxy) is 1. The maximum Gasteiger partial charge on any atom is 0.204 e. The Kier molecular flexibility index (Phi) is 5.43. The van der Waals surface area contributed by atoms with Crippen LogP contribution in [-0.2, 0) is 6.54 Å². The van der Waals surface area contributed by atoms with Crippen LogP contribution < -0.4 is 15.8 Å². The molecule has 1 aliphatic rings. The highest BCUT2D eigenvalue weighted by atomic mass is 35.5. The smallest absolute Gasteiger partial charge is 0.204 e. The van der Waals surface area contributed by atoms with Crippen molar-refractivity contribution in [2.75, 3.05) is 11.1 Å². The van der Waals surface area contributed by atoms with Crippen LogP contribution in [0.2, 0.25) is 5.02 Å². The Balaban J connectivity index is 1.39. The van der Waals surface area contributed by atoms with Gasteiger partial charge in [-0.25, -0.2) is 4.98 Å². The summed E-state index contributed by atoms with van der Waals surface area (Å²) in [5.41, 5.74) is 9.98. The van der Waals surface area contributed by atoms with Gasteiger partial charge in [-0.3, -0.25) is 0 Å². The summed E-state index contributed by atoms with van der Waals surface area (Å²) in [4.78, 5) is 4.85. The molecule has 0 spiro atoms. The van der Waals surface area contributed by atoms with E-state index in [9.17, 15) is 0 Å². The topological polar surface area (TPSA) is 65.1 Å². The summed E-state index contributed by atoms with van der Waals surface area (Å²) < 4.78 is 8.14. The van der Waals surface area contributed by atoms with Crippen molar-refractivity contribution in [3.8, 4) is 11.5 Å². The number of hydrogen-bond donors (Lipinski definition) is 2. The Morgan fingerprint density at radius 3 is 2.35 bits per heavy atom. The highest BCUT2D eigenvalue weighted by molar-refractivity contribution is 6.30. The second-order valence-corrected chi connectivity index (χ2v) is 8.53. The number of aromatic nitrogens is 2. The zero-order chi connectivity index (χ0) is 21.2. The minimum atomic E-state index is 0.489. The largest absolute Gasteiger partial charge is 0.457 e. The molecule has 1 fully saturated rings. The minimum absolute atomic E-state index is 0.489. The molecule has 0 unspecified atom stereocenters. The molecule has 31 heavy (non-hydrogen) atoms. The van der Waals surface area contributed by atoms with Crippen molar-refractivity contribution in [1.29, 1.82) is 0 Å². The number of imidazole rings is 1. The maximum atomic E-state index is 6.08. The second-order valence-electron chi connectivity index (χ2n) is 8.10. The fraction of sp³-hybridized carbons (Fsp3) is 0.240. The van der Waals surface area contributed by atoms with Gasteiger partial charge in [0.25, 0.3) is 0 Å². The fourth-order valence-corrected chi connectivity index (χ4v) is 4.27. The van der Waals surface area contributed by atoms with Crippen molar-refractivity contribution in [1.82, 2.24) is 9.55 Å². The van der Waals surface area contributed by atoms with Gasteiger partial charge in [-0.1, -0.05) is 36.6 Å². The molecule has 158 valence electrons. The number of anilines is 2. The second kappa shape index (κ2) is 8.52. The zero-order valence-corrected chi connectivity index (χ0v) is 18.0. The third kappa shape index (κ3) is 4.47. The van der Waals surface area contributed by atoms with Gasteiger partial charge in [0.05, 0.1) is 17.6 Å². The van der Waals surface area contributed by atoms with Crippen molar-refractivity contribution in [3.63, 3.8) is 0 Å². The molecule has 1 aromatic heterocycles. The lowest BCUT2D eigenvalue weighted by Crippen LogP contribution is -2.18. The highest BCUT2D eigenvalue weighted by Crippen LogP contribution is 2.28. The summed E-state index contributed by atoms with van der Waals surface area (Å²) in [5, 5.41) is 4.36. The van der Waals surface area contributed by atoms with Gasteiger partial charge < -0.3 is 20.4 Å². The molecule has 5 rings (SSSR count). The summed E-state index contributed by atoms with van der Waals surface area (Å²) in [5.74, 6) is 2.46. The number of fused-ring (bicyclic) bond motifs is 1. The predicted octanol–water partition coefficient (Wildman–Crippen LogP) is 6.47. The third-order valence-electron chi connectivity index (χ3n) is 5.77. The molecular formula is C25H25ClN4O. The van der Waals surface area contributed by atoms with E-state index in [1.54, 1.807) is 0 Å². The van der Waals surface area contributed by atoms with E-state index in [-0.39, 0.29) is 0 Å². The third-order valence-corrected chi connectivity index (χ3v) is 6.03. The molecule has 3 N–H and O–H groups in total. The molecule has 0 saturated heterocycles. The first-order valence-electron chi connectivity index (χ1n) is 10.7. The molecule has 0 atom stereocenters. The molecule has 0 radical (unpaired) electrons. The summed E-state index contributed by atoms with van der Waals surface area (Å²) in [6, 6.07) is 21.9. The van der Waals surface area contributed by atoms with Crippen LogP contribution in [0.15, 0.2) is 66.7 Å². The molecule has 0 aliphatic heterocycles. The summed E-state index contributed by atoms with van der Waals surface area (Å²) >= 11 is 5.94. The standard InChI is InChI=1S/C25H25ClN4O/c26-18-7-12-22(13-8-18)31-21-10-5-17(6-11-21)16-30-24-15-19(27)9-14-23(24)29-25(30)28-20-3-1-2-4-20/h5-15,20H,1-4,16,27H2,(H,28,29). The van der Waals surface area contributed by atoms with Gasteiger partial charge in [-0.15, -0.1) is 0 Å². The Morgan fingerprint density at radius 2 is 1.65 bits per heavy atom. The quantitative estimate of drug-likeness (QED) is 0.343. The molecule has 0 amide bonds. The lowest BCUT2D eigenvalue weighted by molar-refractivity contribution is 0.482. The van der Waals surface area contributed by atoms with Gasteiger partial charge in [0.15, 0.2) is 0 Å². The van der Waals surface area contributed by atoms with Crippen molar-refractivity contribution in [2.24, 2.45) is 0 Å². The van der Waals surface area contributed by atoms with Gasteiger partial charge in [0, 0.05) is 16.8 Å². The lowest BCUT2D eigenvalue weighted by Gasteiger charge is -2.15. The monoisotopic (exact) mass is 432 g/mol. The van der Waals surface area contributed by atoms with Crippen LogP contribution in [0.25, 0.3) is 11.0 Å². The number of hydrogen-bond acceptors (Lipinski definition) is 4. The number of nitrogens with zero attached hydrogens (tertiary/aromatic N) is 2. The van der Waals surface area contributed by atoms with Gasteiger partial charge >= 0.3 is 0 Å². The molecule has 3 aromatic carbocycles. The molecule has 5 nitrogen and oxygen atoms in total. The van der Waals surface area contributed by atoms with E-state index >= 15 is 0 Å². The van der Waals surface area contributed by atoms with E-state index in [2.05, 4.69) is 22.0 Å². The highest BCUT2D eigenvalue weighted by Gasteiger charge is 2.19. The summed E-state index contributed by atoms with van der Waals surface area (Å²) in [6.45, 7) is 0.705. The molecule has 1 heterocycles. The Morgan fingerprint density at radius 1 is 0.968 bits per heavy atom. The minimum Gasteiger partial charge on any atom is -0.457 e. The molecule has 6 heteroatoms. The van der Waals surface area contributed by atoms with Crippen molar-refractivity contribution in [3.05, 3.63) is 77.3 Å². The Labute approximate surface area is 186 Å². The summed E-state index contributed by atoms with van der Waals surface area (Å²) in [7, 11) is 0. The normalized spacial score (nSPS) is 14.2. The Hall–Kier alpha value is -3.18. The van der Waals surface area contributed by atoms with Crippen molar-refractivity contribution >= 4 is 34.3 Å². The van der Waals surface area contributed by atoms with Crippen LogP contribution in [0.5, 0.6) is 11.5 Å². The number of nitrogen functional groups attached to an aromatic ring is 1. The molecule has 0 bridgehead atoms. The molecule has 1 aliphatic carbocycles. The van der Waals surface area contributed by atoms with Crippen molar-refractivity contribution < 1.29 is 4.74 Å². The summed E-state index contributed by atoms with van der Waals surface area (Å²) in [6.07, 6.45) is 4.95. The van der Waals surface area contributed by atoms with Crippen LogP contribution >= 0.6 is 11.6 Å². The number of nitrogens with one attached hydrogen (secondary N) is 1. The van der Waals surface area contributed by atoms with Crippen molar-refractivity contribution in [2.45, 2.75) is 38.3 Å². The van der Waals surface area contributed by atoms with E-state index in [0.29, 0.717) is 17.6 Å². The van der Waals surface area contributed by atoms with E-state index in [1.165, 1.54) is 31.2 Å². The molecule has 1 saturated carbocycles. The van der Waals surface area contributed by atoms with Gasteiger partial charge in [0.1, 0.15) is 11.5 Å². The van der Waals surface area contributed by atoms with Gasteiger partial charge in [-0.05, 0) is 73.0 Å². The number of rotatable bonds is 6. The van der Waals surface area contributed by atoms with Crippen LogP contribution in [0.1, 0.15) is 31.2 Å². The SMILES string of the molecule is Nc1ccc2nc(NC3CCCC3)n(Cc3ccc(Oc4ccc(Cl)cc4)cc3)c2c1. The van der Waals surface area contributed by atoms with Crippen LogP contribution in [-0.4, -0.2) is 15.6 Å². The maximum absolute atomic E-state index is 6.08. The predicted molar refractivity (Wildman–Crippen MR) is 127 cm³/mol. The van der Waals surface area contributed by atoms with Gasteiger partial charge in [0.2, 0.25) is 5.95 Å². The van der Waals surface area contributed by atoms with E-state index < -0.39 is 0 Å². The van der Waals surface area contributed by atoms with E-state index in [4.69, 9.17) is 27.1 Å². The van der Waals surface area contributed by atoms with E-state index in [0.717, 1.165) is 34.2 Å². The number of halogens is 1. The molecular weight excluding hydrogens is 408 g/mol. The zero-order valence-electron chi connectivity index (χ0n) is 17.2. The number of nitrogens with two attached hydrogens (primary N) is 1. The van der Waals surface area contributed by atoms with Gasteiger partial charge in [-0.2, -0.15) is 0 Å². The average molecular weight is 433 g/mol. The fourth-order valence-electron chi connectivity index (χ4n) is 4.15. The first-order chi connectivity index (χ1) is 15.1. The van der Waals surface area contributed by atoms with Crippen LogP contribution in [0.4, 0.5) is 11.6 Å². The van der Waals surface area contributed by atoms with Crippen LogP contribution in [0, 0.1) is 0 Å². The Bertz CT molecular complexity index is 1180. The lowest BCUT2D eigenvalue weighted by atomic mass is 10.2. The van der Waals surface area contributed by atoms with Crippen LogP contribution in [0.3, 0.4) is 0 Å². The number of benzene rings is 3. The first kappa shape index (κ1) is 19.8. The first-order valence-corrected chi connectivity index (χ1v) is 11.1.